The van der Waals surface area contributed by atoms with Gasteiger partial charge in [-0.05, 0) is 35.9 Å². The predicted molar refractivity (Wildman–Crippen MR) is 107 cm³/mol. The smallest absolute Gasteiger partial charge is 0.147 e. The van der Waals surface area contributed by atoms with Crippen LogP contribution in [0, 0.1) is 0 Å². The van der Waals surface area contributed by atoms with E-state index >= 15 is 0 Å². The van der Waals surface area contributed by atoms with Crippen LogP contribution in [0.3, 0.4) is 0 Å². The van der Waals surface area contributed by atoms with Gasteiger partial charge < -0.3 is 9.84 Å². The Morgan fingerprint density at radius 3 is 2.73 bits per heavy atom. The van der Waals surface area contributed by atoms with Crippen LogP contribution in [0.25, 0.3) is 10.9 Å². The SMILES string of the molecule is Oc1c(C(c2cccc(Br)c2)N2CCOCC2)cc(Cl)c2cccnc12. The molecule has 0 radical (unpaired) electrons. The number of phenols is 1. The van der Waals surface area contributed by atoms with E-state index in [1.165, 1.54) is 0 Å². The highest BCUT2D eigenvalue weighted by atomic mass is 79.9. The van der Waals surface area contributed by atoms with Crippen molar-refractivity contribution in [1.82, 2.24) is 9.88 Å². The third kappa shape index (κ3) is 3.32. The molecule has 1 unspecified atom stereocenters. The van der Waals surface area contributed by atoms with E-state index in [2.05, 4.69) is 37.9 Å². The van der Waals surface area contributed by atoms with Gasteiger partial charge in [0.05, 0.1) is 24.3 Å². The van der Waals surface area contributed by atoms with Gasteiger partial charge in [-0.3, -0.25) is 9.88 Å². The number of halogens is 2. The van der Waals surface area contributed by atoms with Crippen LogP contribution < -0.4 is 0 Å². The second-order valence-electron chi connectivity index (χ2n) is 6.30. The number of hydrogen-bond acceptors (Lipinski definition) is 4. The van der Waals surface area contributed by atoms with Crippen molar-refractivity contribution < 1.29 is 9.84 Å². The first-order valence-corrected chi connectivity index (χ1v) is 9.65. The summed E-state index contributed by atoms with van der Waals surface area (Å²) in [6.07, 6.45) is 1.67. The first-order valence-electron chi connectivity index (χ1n) is 8.48. The minimum atomic E-state index is -0.125. The molecule has 6 heteroatoms. The zero-order valence-corrected chi connectivity index (χ0v) is 16.4. The Balaban J connectivity index is 1.91. The van der Waals surface area contributed by atoms with E-state index in [9.17, 15) is 5.11 Å². The summed E-state index contributed by atoms with van der Waals surface area (Å²) in [5.74, 6) is 0.182. The minimum absolute atomic E-state index is 0.125. The molecule has 1 N–H and O–H groups in total. The van der Waals surface area contributed by atoms with E-state index in [1.807, 2.05) is 30.3 Å². The number of phenolic OH excluding ortho intramolecular Hbond substituents is 1. The Morgan fingerprint density at radius 2 is 1.96 bits per heavy atom. The maximum atomic E-state index is 11.0. The molecule has 3 aromatic rings. The third-order valence-corrected chi connectivity index (χ3v) is 5.52. The summed E-state index contributed by atoms with van der Waals surface area (Å²) >= 11 is 10.1. The van der Waals surface area contributed by atoms with Crippen LogP contribution in [-0.4, -0.2) is 41.3 Å². The lowest BCUT2D eigenvalue weighted by molar-refractivity contribution is 0.0236. The van der Waals surface area contributed by atoms with E-state index in [1.54, 1.807) is 6.20 Å². The van der Waals surface area contributed by atoms with E-state index < -0.39 is 0 Å². The van der Waals surface area contributed by atoms with Crippen LogP contribution in [0.1, 0.15) is 17.2 Å². The van der Waals surface area contributed by atoms with Crippen molar-refractivity contribution in [2.75, 3.05) is 26.3 Å². The summed E-state index contributed by atoms with van der Waals surface area (Å²) in [5, 5.41) is 12.4. The molecule has 1 aliphatic rings. The lowest BCUT2D eigenvalue weighted by Crippen LogP contribution is -2.39. The molecule has 0 saturated carbocycles. The van der Waals surface area contributed by atoms with Gasteiger partial charge in [0.2, 0.25) is 0 Å². The summed E-state index contributed by atoms with van der Waals surface area (Å²) in [6, 6.07) is 13.6. The second-order valence-corrected chi connectivity index (χ2v) is 7.62. The lowest BCUT2D eigenvalue weighted by atomic mass is 9.94. The van der Waals surface area contributed by atoms with Gasteiger partial charge in [0.15, 0.2) is 0 Å². The second kappa shape index (κ2) is 7.53. The van der Waals surface area contributed by atoms with E-state index in [4.69, 9.17) is 16.3 Å². The number of pyridine rings is 1. The molecule has 1 saturated heterocycles. The zero-order chi connectivity index (χ0) is 18.1. The highest BCUT2D eigenvalue weighted by Gasteiger charge is 2.28. The Hall–Kier alpha value is -1.66. The van der Waals surface area contributed by atoms with Gasteiger partial charge >= 0.3 is 0 Å². The van der Waals surface area contributed by atoms with Gasteiger partial charge in [0, 0.05) is 34.7 Å². The minimum Gasteiger partial charge on any atom is -0.505 e. The number of rotatable bonds is 3. The maximum Gasteiger partial charge on any atom is 0.147 e. The number of fused-ring (bicyclic) bond motifs is 1. The van der Waals surface area contributed by atoms with Gasteiger partial charge in [0.1, 0.15) is 11.3 Å². The normalized spacial score (nSPS) is 16.7. The summed E-state index contributed by atoms with van der Waals surface area (Å²) in [7, 11) is 0. The summed E-state index contributed by atoms with van der Waals surface area (Å²) in [6.45, 7) is 2.92. The molecule has 0 bridgehead atoms. The largest absolute Gasteiger partial charge is 0.505 e. The van der Waals surface area contributed by atoms with Crippen molar-refractivity contribution in [1.29, 1.82) is 0 Å². The molecule has 0 amide bonds. The van der Waals surface area contributed by atoms with Crippen molar-refractivity contribution in [3.8, 4) is 5.75 Å². The molecule has 1 atom stereocenters. The first-order chi connectivity index (χ1) is 12.6. The fourth-order valence-corrected chi connectivity index (χ4v) is 4.20. The molecule has 4 rings (SSSR count). The van der Waals surface area contributed by atoms with Gasteiger partial charge in [-0.2, -0.15) is 0 Å². The molecule has 0 aliphatic carbocycles. The van der Waals surface area contributed by atoms with Crippen LogP contribution in [-0.2, 0) is 4.74 Å². The standard InChI is InChI=1S/C20H18BrClN2O2/c21-14-4-1-3-13(11-14)19(24-7-9-26-10-8-24)16-12-17(22)15-5-2-6-23-18(15)20(16)25/h1-6,11-12,19,25H,7-10H2. The number of nitrogens with zero attached hydrogens (tertiary/aromatic N) is 2. The van der Waals surface area contributed by atoms with Crippen LogP contribution in [0.15, 0.2) is 53.1 Å². The molecule has 26 heavy (non-hydrogen) atoms. The lowest BCUT2D eigenvalue weighted by Gasteiger charge is -2.35. The van der Waals surface area contributed by atoms with Crippen LogP contribution in [0.4, 0.5) is 0 Å². The number of hydrogen-bond donors (Lipinski definition) is 1. The van der Waals surface area contributed by atoms with Crippen LogP contribution >= 0.6 is 27.5 Å². The van der Waals surface area contributed by atoms with Gasteiger partial charge in [0.25, 0.3) is 0 Å². The van der Waals surface area contributed by atoms with Gasteiger partial charge in [-0.1, -0.05) is 39.7 Å². The Labute approximate surface area is 165 Å². The van der Waals surface area contributed by atoms with Crippen molar-refractivity contribution in [3.63, 3.8) is 0 Å². The van der Waals surface area contributed by atoms with Crippen LogP contribution in [0.5, 0.6) is 5.75 Å². The number of benzene rings is 2. The van der Waals surface area contributed by atoms with Crippen molar-refractivity contribution in [3.05, 3.63) is 69.3 Å². The van der Waals surface area contributed by atoms with E-state index in [0.29, 0.717) is 23.8 Å². The quantitative estimate of drug-likeness (QED) is 0.646. The summed E-state index contributed by atoms with van der Waals surface area (Å²) < 4.78 is 6.52. The van der Waals surface area contributed by atoms with Crippen molar-refractivity contribution >= 4 is 38.4 Å². The molecule has 4 nitrogen and oxygen atoms in total. The Morgan fingerprint density at radius 1 is 1.15 bits per heavy atom. The molecule has 134 valence electrons. The van der Waals surface area contributed by atoms with Gasteiger partial charge in [-0.25, -0.2) is 0 Å². The monoisotopic (exact) mass is 432 g/mol. The van der Waals surface area contributed by atoms with E-state index in [-0.39, 0.29) is 11.8 Å². The molecule has 1 aromatic heterocycles. The molecule has 2 heterocycles. The number of aromatic nitrogens is 1. The first kappa shape index (κ1) is 17.7. The summed E-state index contributed by atoms with van der Waals surface area (Å²) in [5.41, 5.74) is 2.38. The average molecular weight is 434 g/mol. The molecule has 1 fully saturated rings. The fraction of sp³-hybridized carbons (Fsp3) is 0.250. The number of morpholine rings is 1. The Bertz CT molecular complexity index is 944. The van der Waals surface area contributed by atoms with Crippen molar-refractivity contribution in [2.24, 2.45) is 0 Å². The zero-order valence-electron chi connectivity index (χ0n) is 14.0. The highest BCUT2D eigenvalue weighted by Crippen LogP contribution is 2.41. The topological polar surface area (TPSA) is 45.6 Å². The number of ether oxygens (including phenoxy) is 1. The highest BCUT2D eigenvalue weighted by molar-refractivity contribution is 9.10. The van der Waals surface area contributed by atoms with Crippen LogP contribution in [0.2, 0.25) is 5.02 Å². The molecular weight excluding hydrogens is 416 g/mol. The Kier molecular flexibility index (Phi) is 5.14. The molecular formula is C20H18BrClN2O2. The van der Waals surface area contributed by atoms with E-state index in [0.717, 1.165) is 34.1 Å². The third-order valence-electron chi connectivity index (χ3n) is 4.71. The average Bonchev–Trinajstić information content (AvgIpc) is 2.67. The molecule has 2 aromatic carbocycles. The summed E-state index contributed by atoms with van der Waals surface area (Å²) in [4.78, 5) is 6.67. The number of aromatic hydroxyl groups is 1. The van der Waals surface area contributed by atoms with Crippen molar-refractivity contribution in [2.45, 2.75) is 6.04 Å². The molecule has 1 aliphatic heterocycles. The molecule has 0 spiro atoms. The predicted octanol–water partition coefficient (Wildman–Crippen LogP) is 4.78. The van der Waals surface area contributed by atoms with Gasteiger partial charge in [-0.15, -0.1) is 0 Å². The fourth-order valence-electron chi connectivity index (χ4n) is 3.51. The maximum absolute atomic E-state index is 11.0.